The van der Waals surface area contributed by atoms with Crippen molar-refractivity contribution >= 4 is 50.7 Å². The maximum atomic E-state index is 12.4. The van der Waals surface area contributed by atoms with Gasteiger partial charge in [0.05, 0.1) is 28.1 Å². The smallest absolute Gasteiger partial charge is 0.230 e. The van der Waals surface area contributed by atoms with Crippen molar-refractivity contribution in [3.8, 4) is 17.2 Å². The van der Waals surface area contributed by atoms with Gasteiger partial charge in [0, 0.05) is 27.6 Å². The second-order valence-corrected chi connectivity index (χ2v) is 9.32. The molecule has 1 N–H and O–H groups in total. The summed E-state index contributed by atoms with van der Waals surface area (Å²) in [4.78, 5) is 16.6. The molecule has 0 aliphatic rings. The highest BCUT2D eigenvalue weighted by Gasteiger charge is 2.15. The lowest BCUT2D eigenvalue weighted by atomic mass is 9.94. The van der Waals surface area contributed by atoms with Crippen LogP contribution in [0.1, 0.15) is 30.7 Å². The molecule has 0 saturated heterocycles. The number of halogens is 3. The van der Waals surface area contributed by atoms with Crippen LogP contribution in [0.15, 0.2) is 53.1 Å². The Morgan fingerprint density at radius 3 is 2.45 bits per heavy atom. The minimum Gasteiger partial charge on any atom is -0.326 e. The van der Waals surface area contributed by atoms with Crippen LogP contribution in [0.25, 0.3) is 11.1 Å². The van der Waals surface area contributed by atoms with Crippen LogP contribution in [0.5, 0.6) is 0 Å². The molecule has 31 heavy (non-hydrogen) atoms. The Balaban J connectivity index is 1.82. The normalized spacial score (nSPS) is 10.7. The van der Waals surface area contributed by atoms with E-state index in [-0.39, 0.29) is 12.3 Å². The molecule has 158 valence electrons. The first-order chi connectivity index (χ1) is 14.8. The van der Waals surface area contributed by atoms with Gasteiger partial charge in [0.15, 0.2) is 0 Å². The van der Waals surface area contributed by atoms with Gasteiger partial charge >= 0.3 is 0 Å². The van der Waals surface area contributed by atoms with Crippen molar-refractivity contribution < 1.29 is 4.79 Å². The largest absolute Gasteiger partial charge is 0.326 e. The third-order valence-electron chi connectivity index (χ3n) is 4.60. The second-order valence-electron chi connectivity index (χ2n) is 7.59. The molecule has 1 amide bonds. The fourth-order valence-corrected chi connectivity index (χ4v) is 4.20. The molecule has 0 atom stereocenters. The molecule has 0 saturated carbocycles. The first-order valence-corrected chi connectivity index (χ1v) is 11.2. The van der Waals surface area contributed by atoms with Gasteiger partial charge in [-0.25, -0.2) is 0 Å². The van der Waals surface area contributed by atoms with E-state index in [4.69, 9.17) is 23.2 Å². The summed E-state index contributed by atoms with van der Waals surface area (Å²) in [5.74, 6) is 0.222. The van der Waals surface area contributed by atoms with Crippen LogP contribution < -0.4 is 5.32 Å². The molecule has 2 aromatic carbocycles. The minimum atomic E-state index is -0.223. The highest BCUT2D eigenvalue weighted by molar-refractivity contribution is 9.10. The van der Waals surface area contributed by atoms with Crippen LogP contribution in [0.4, 0.5) is 5.69 Å². The Morgan fingerprint density at radius 1 is 1.16 bits per heavy atom. The summed E-state index contributed by atoms with van der Waals surface area (Å²) >= 11 is 16.3. The fraction of sp³-hybridized carbons (Fsp3) is 0.208. The highest BCUT2D eigenvalue weighted by atomic mass is 79.9. The predicted molar refractivity (Wildman–Crippen MR) is 129 cm³/mol. The Hall–Kier alpha value is -2.39. The van der Waals surface area contributed by atoms with Crippen LogP contribution in [-0.4, -0.2) is 10.9 Å². The quantitative estimate of drug-likeness (QED) is 0.381. The van der Waals surface area contributed by atoms with Gasteiger partial charge in [-0.2, -0.15) is 5.26 Å². The van der Waals surface area contributed by atoms with Gasteiger partial charge in [0.2, 0.25) is 5.91 Å². The van der Waals surface area contributed by atoms with Gasteiger partial charge in [-0.15, -0.1) is 0 Å². The number of amides is 1. The van der Waals surface area contributed by atoms with Crippen molar-refractivity contribution in [3.05, 3.63) is 80.0 Å². The monoisotopic (exact) mass is 515 g/mol. The Bertz CT molecular complexity index is 1130. The molecule has 0 unspecified atom stereocenters. The lowest BCUT2D eigenvalue weighted by Gasteiger charge is -2.13. The molecule has 1 heterocycles. The van der Waals surface area contributed by atoms with Crippen molar-refractivity contribution in [2.45, 2.75) is 26.7 Å². The molecule has 3 aromatic rings. The van der Waals surface area contributed by atoms with E-state index in [1.54, 1.807) is 24.4 Å². The number of nitrogens with one attached hydrogen (secondary N) is 1. The van der Waals surface area contributed by atoms with E-state index in [2.05, 4.69) is 46.1 Å². The molecular weight excluding hydrogens is 497 g/mol. The lowest BCUT2D eigenvalue weighted by Crippen LogP contribution is -2.15. The zero-order chi connectivity index (χ0) is 22.5. The number of pyridine rings is 1. The number of benzene rings is 2. The number of hydrogen-bond acceptors (Lipinski definition) is 3. The summed E-state index contributed by atoms with van der Waals surface area (Å²) in [5, 5.41) is 13.1. The van der Waals surface area contributed by atoms with Crippen LogP contribution in [-0.2, 0) is 17.6 Å². The topological polar surface area (TPSA) is 65.8 Å². The number of nitriles is 1. The third-order valence-corrected chi connectivity index (χ3v) is 5.67. The predicted octanol–water partition coefficient (Wildman–Crippen LogP) is 7.07. The van der Waals surface area contributed by atoms with Gasteiger partial charge in [-0.05, 0) is 69.7 Å². The standard InChI is InChI=1S/C24H20BrCl2N3O/c1-14(2)7-15-3-4-16(8-17(15)12-28)24-21(26)9-20(10-22(24)27)30-23(31)11-19-6-5-18(25)13-29-19/h3-6,8-10,13-14H,7,11H2,1-2H3,(H,30,31). The Morgan fingerprint density at radius 2 is 1.87 bits per heavy atom. The highest BCUT2D eigenvalue weighted by Crippen LogP contribution is 2.38. The zero-order valence-electron chi connectivity index (χ0n) is 17.0. The SMILES string of the molecule is CC(C)Cc1ccc(-c2c(Cl)cc(NC(=O)Cc3ccc(Br)cn3)cc2Cl)cc1C#N. The molecule has 1 aromatic heterocycles. The van der Waals surface area contributed by atoms with Gasteiger partial charge < -0.3 is 5.32 Å². The summed E-state index contributed by atoms with van der Waals surface area (Å²) in [5.41, 5.74) is 4.15. The maximum absolute atomic E-state index is 12.4. The van der Waals surface area contributed by atoms with Crippen LogP contribution in [0, 0.1) is 17.2 Å². The van der Waals surface area contributed by atoms with Crippen LogP contribution in [0.3, 0.4) is 0 Å². The fourth-order valence-electron chi connectivity index (χ4n) is 3.26. The van der Waals surface area contributed by atoms with Gasteiger partial charge in [-0.3, -0.25) is 9.78 Å². The van der Waals surface area contributed by atoms with Gasteiger partial charge in [0.25, 0.3) is 0 Å². The molecule has 7 heteroatoms. The zero-order valence-corrected chi connectivity index (χ0v) is 20.1. The molecule has 0 aliphatic carbocycles. The van der Waals surface area contributed by atoms with Crippen molar-refractivity contribution in [2.24, 2.45) is 5.92 Å². The van der Waals surface area contributed by atoms with Crippen molar-refractivity contribution in [3.63, 3.8) is 0 Å². The lowest BCUT2D eigenvalue weighted by molar-refractivity contribution is -0.115. The number of rotatable bonds is 6. The van der Waals surface area contributed by atoms with E-state index in [1.807, 2.05) is 24.3 Å². The van der Waals surface area contributed by atoms with Crippen molar-refractivity contribution in [1.82, 2.24) is 4.98 Å². The van der Waals surface area contributed by atoms with Gasteiger partial charge in [0.1, 0.15) is 0 Å². The second kappa shape index (κ2) is 10.3. The van der Waals surface area contributed by atoms with E-state index >= 15 is 0 Å². The van der Waals surface area contributed by atoms with Crippen molar-refractivity contribution in [2.75, 3.05) is 5.32 Å². The summed E-state index contributed by atoms with van der Waals surface area (Å²) in [6.45, 7) is 4.23. The number of carbonyl (C=O) groups excluding carboxylic acids is 1. The Kier molecular flexibility index (Phi) is 7.72. The molecular formula is C24H20BrCl2N3O. The molecule has 0 fully saturated rings. The number of aromatic nitrogens is 1. The summed E-state index contributed by atoms with van der Waals surface area (Å²) in [6.07, 6.45) is 2.60. The molecule has 4 nitrogen and oxygen atoms in total. The van der Waals surface area contributed by atoms with E-state index in [0.29, 0.717) is 38.5 Å². The average Bonchev–Trinajstić information content (AvgIpc) is 2.69. The van der Waals surface area contributed by atoms with Crippen LogP contribution in [0.2, 0.25) is 10.0 Å². The number of anilines is 1. The molecule has 0 radical (unpaired) electrons. The third kappa shape index (κ3) is 6.07. The van der Waals surface area contributed by atoms with Crippen LogP contribution >= 0.6 is 39.1 Å². The summed E-state index contributed by atoms with van der Waals surface area (Å²) < 4.78 is 0.850. The molecule has 0 spiro atoms. The first-order valence-electron chi connectivity index (χ1n) is 9.69. The summed E-state index contributed by atoms with van der Waals surface area (Å²) in [7, 11) is 0. The van der Waals surface area contributed by atoms with Crippen molar-refractivity contribution in [1.29, 1.82) is 5.26 Å². The summed E-state index contributed by atoms with van der Waals surface area (Å²) in [6, 6.07) is 14.9. The number of nitrogens with zero attached hydrogens (tertiary/aromatic N) is 2. The minimum absolute atomic E-state index is 0.132. The average molecular weight is 517 g/mol. The van der Waals surface area contributed by atoms with Gasteiger partial charge in [-0.1, -0.05) is 49.2 Å². The van der Waals surface area contributed by atoms with E-state index in [9.17, 15) is 10.1 Å². The Labute approximate surface area is 200 Å². The molecule has 3 rings (SSSR count). The van der Waals surface area contributed by atoms with E-state index in [0.717, 1.165) is 22.0 Å². The van der Waals surface area contributed by atoms with E-state index in [1.165, 1.54) is 0 Å². The maximum Gasteiger partial charge on any atom is 0.230 e. The number of carbonyl (C=O) groups is 1. The number of hydrogen-bond donors (Lipinski definition) is 1. The first kappa shape index (κ1) is 23.3. The van der Waals surface area contributed by atoms with E-state index < -0.39 is 0 Å². The molecule has 0 aliphatic heterocycles. The molecule has 0 bridgehead atoms.